The van der Waals surface area contributed by atoms with Gasteiger partial charge in [-0.1, -0.05) is 32.6 Å². The van der Waals surface area contributed by atoms with Crippen LogP contribution >= 0.6 is 0 Å². The summed E-state index contributed by atoms with van der Waals surface area (Å²) < 4.78 is 5.18. The highest BCUT2D eigenvalue weighted by atomic mass is 16.4. The molecular formula is C14H23NO3. The zero-order valence-electron chi connectivity index (χ0n) is 11.2. The van der Waals surface area contributed by atoms with E-state index in [1.54, 1.807) is 0 Å². The van der Waals surface area contributed by atoms with Gasteiger partial charge in [-0.3, -0.25) is 0 Å². The van der Waals surface area contributed by atoms with Gasteiger partial charge < -0.3 is 14.8 Å². The monoisotopic (exact) mass is 253 g/mol. The summed E-state index contributed by atoms with van der Waals surface area (Å²) in [7, 11) is 0. The predicted molar refractivity (Wildman–Crippen MR) is 70.7 cm³/mol. The third-order valence-corrected chi connectivity index (χ3v) is 3.08. The molecule has 1 aromatic heterocycles. The summed E-state index contributed by atoms with van der Waals surface area (Å²) in [5.41, 5.74) is 0.251. The predicted octanol–water partition coefficient (Wildman–Crippen LogP) is 3.43. The second-order valence-corrected chi connectivity index (χ2v) is 4.69. The summed E-state index contributed by atoms with van der Waals surface area (Å²) >= 11 is 0. The highest BCUT2D eigenvalue weighted by Gasteiger charge is 2.13. The van der Waals surface area contributed by atoms with Crippen LogP contribution in [0.25, 0.3) is 0 Å². The first-order chi connectivity index (χ1) is 8.65. The van der Waals surface area contributed by atoms with Crippen molar-refractivity contribution in [3.63, 3.8) is 0 Å². The van der Waals surface area contributed by atoms with Gasteiger partial charge in [0.25, 0.3) is 0 Å². The van der Waals surface area contributed by atoms with Crippen molar-refractivity contribution in [1.82, 2.24) is 5.32 Å². The number of hydrogen-bond donors (Lipinski definition) is 2. The van der Waals surface area contributed by atoms with Crippen LogP contribution < -0.4 is 5.32 Å². The maximum absolute atomic E-state index is 10.9. The summed E-state index contributed by atoms with van der Waals surface area (Å²) in [6.45, 7) is 4.80. The zero-order valence-corrected chi connectivity index (χ0v) is 11.2. The largest absolute Gasteiger partial charge is 0.478 e. The SMILES string of the molecule is CCCCCCC(C)NCc1occc1C(=O)O. The fourth-order valence-corrected chi connectivity index (χ4v) is 1.91. The van der Waals surface area contributed by atoms with Gasteiger partial charge >= 0.3 is 5.97 Å². The molecule has 0 aliphatic rings. The first-order valence-electron chi connectivity index (χ1n) is 6.68. The van der Waals surface area contributed by atoms with Gasteiger partial charge in [-0.05, 0) is 19.4 Å². The molecule has 1 atom stereocenters. The fraction of sp³-hybridized carbons (Fsp3) is 0.643. The van der Waals surface area contributed by atoms with E-state index in [2.05, 4.69) is 19.2 Å². The molecular weight excluding hydrogens is 230 g/mol. The van der Waals surface area contributed by atoms with Crippen LogP contribution in [0.3, 0.4) is 0 Å². The zero-order chi connectivity index (χ0) is 13.4. The van der Waals surface area contributed by atoms with Crippen LogP contribution in [0.2, 0.25) is 0 Å². The number of carbonyl (C=O) groups is 1. The molecule has 1 rings (SSSR count). The van der Waals surface area contributed by atoms with E-state index in [1.165, 1.54) is 38.0 Å². The number of hydrogen-bond acceptors (Lipinski definition) is 3. The third kappa shape index (κ3) is 4.92. The molecule has 1 heterocycles. The standard InChI is InChI=1S/C14H23NO3/c1-3-4-5-6-7-11(2)15-10-13-12(14(16)17)8-9-18-13/h8-9,11,15H,3-7,10H2,1-2H3,(H,16,17). The molecule has 0 saturated heterocycles. The van der Waals surface area contributed by atoms with Crippen LogP contribution in [-0.2, 0) is 6.54 Å². The number of furan rings is 1. The Kier molecular flexibility index (Phi) is 6.50. The van der Waals surface area contributed by atoms with Gasteiger partial charge in [-0.25, -0.2) is 4.79 Å². The number of nitrogens with one attached hydrogen (secondary N) is 1. The van der Waals surface area contributed by atoms with E-state index in [0.717, 1.165) is 6.42 Å². The van der Waals surface area contributed by atoms with E-state index in [0.29, 0.717) is 18.3 Å². The van der Waals surface area contributed by atoms with Crippen LogP contribution in [0.5, 0.6) is 0 Å². The Morgan fingerprint density at radius 3 is 2.89 bits per heavy atom. The fourth-order valence-electron chi connectivity index (χ4n) is 1.91. The topological polar surface area (TPSA) is 62.5 Å². The molecule has 0 radical (unpaired) electrons. The second kappa shape index (κ2) is 7.93. The lowest BCUT2D eigenvalue weighted by molar-refractivity contribution is 0.0694. The van der Waals surface area contributed by atoms with E-state index in [4.69, 9.17) is 9.52 Å². The molecule has 4 heteroatoms. The quantitative estimate of drug-likeness (QED) is 0.662. The summed E-state index contributed by atoms with van der Waals surface area (Å²) in [6, 6.07) is 1.87. The van der Waals surface area contributed by atoms with Gasteiger partial charge in [0.15, 0.2) is 0 Å². The number of rotatable bonds is 9. The summed E-state index contributed by atoms with van der Waals surface area (Å²) in [6.07, 6.45) is 7.55. The van der Waals surface area contributed by atoms with E-state index >= 15 is 0 Å². The third-order valence-electron chi connectivity index (χ3n) is 3.08. The van der Waals surface area contributed by atoms with Crippen molar-refractivity contribution in [2.24, 2.45) is 0 Å². The summed E-state index contributed by atoms with van der Waals surface area (Å²) in [5.74, 6) is -0.431. The van der Waals surface area contributed by atoms with Gasteiger partial charge in [0, 0.05) is 6.04 Å². The molecule has 102 valence electrons. The van der Waals surface area contributed by atoms with Crippen molar-refractivity contribution < 1.29 is 14.3 Å². The minimum atomic E-state index is -0.934. The molecule has 1 unspecified atom stereocenters. The van der Waals surface area contributed by atoms with Crippen molar-refractivity contribution >= 4 is 5.97 Å². The van der Waals surface area contributed by atoms with Crippen LogP contribution in [-0.4, -0.2) is 17.1 Å². The Balaban J connectivity index is 2.27. The molecule has 0 aliphatic carbocycles. The molecule has 18 heavy (non-hydrogen) atoms. The van der Waals surface area contributed by atoms with Crippen LogP contribution in [0.1, 0.15) is 62.1 Å². The van der Waals surface area contributed by atoms with Crippen molar-refractivity contribution in [1.29, 1.82) is 0 Å². The Morgan fingerprint density at radius 2 is 2.22 bits per heavy atom. The Hall–Kier alpha value is -1.29. The maximum atomic E-state index is 10.9. The average Bonchev–Trinajstić information content (AvgIpc) is 2.80. The first kappa shape index (κ1) is 14.8. The van der Waals surface area contributed by atoms with Gasteiger partial charge in [0.2, 0.25) is 0 Å². The van der Waals surface area contributed by atoms with Crippen LogP contribution in [0.15, 0.2) is 16.7 Å². The van der Waals surface area contributed by atoms with Crippen molar-refractivity contribution in [3.05, 3.63) is 23.7 Å². The first-order valence-corrected chi connectivity index (χ1v) is 6.68. The minimum absolute atomic E-state index is 0.251. The van der Waals surface area contributed by atoms with E-state index in [-0.39, 0.29) is 5.56 Å². The highest BCUT2D eigenvalue weighted by molar-refractivity contribution is 5.88. The van der Waals surface area contributed by atoms with Crippen LogP contribution in [0.4, 0.5) is 0 Å². The molecule has 2 N–H and O–H groups in total. The van der Waals surface area contributed by atoms with E-state index in [9.17, 15) is 4.79 Å². The summed E-state index contributed by atoms with van der Waals surface area (Å²) in [4.78, 5) is 10.9. The minimum Gasteiger partial charge on any atom is -0.478 e. The second-order valence-electron chi connectivity index (χ2n) is 4.69. The molecule has 0 fully saturated rings. The van der Waals surface area contributed by atoms with Gasteiger partial charge in [-0.2, -0.15) is 0 Å². The molecule has 1 aromatic rings. The Bertz CT molecular complexity index is 360. The summed E-state index contributed by atoms with van der Waals surface area (Å²) in [5, 5.41) is 12.2. The van der Waals surface area contributed by atoms with Crippen molar-refractivity contribution in [2.45, 2.75) is 58.5 Å². The van der Waals surface area contributed by atoms with Gasteiger partial charge in [0.1, 0.15) is 11.3 Å². The molecule has 0 amide bonds. The molecule has 0 aliphatic heterocycles. The molecule has 0 saturated carbocycles. The number of carboxylic acid groups (broad SMARTS) is 1. The van der Waals surface area contributed by atoms with Crippen LogP contribution in [0, 0.1) is 0 Å². The van der Waals surface area contributed by atoms with E-state index < -0.39 is 5.97 Å². The molecule has 0 spiro atoms. The Morgan fingerprint density at radius 1 is 1.44 bits per heavy atom. The number of unbranched alkanes of at least 4 members (excludes halogenated alkanes) is 3. The maximum Gasteiger partial charge on any atom is 0.339 e. The molecule has 0 aromatic carbocycles. The molecule has 4 nitrogen and oxygen atoms in total. The lowest BCUT2D eigenvalue weighted by Crippen LogP contribution is -2.25. The normalized spacial score (nSPS) is 12.6. The number of aromatic carboxylic acids is 1. The smallest absolute Gasteiger partial charge is 0.339 e. The average molecular weight is 253 g/mol. The van der Waals surface area contributed by atoms with E-state index in [1.807, 2.05) is 0 Å². The Labute approximate surface area is 108 Å². The highest BCUT2D eigenvalue weighted by Crippen LogP contribution is 2.11. The van der Waals surface area contributed by atoms with Crippen molar-refractivity contribution in [3.8, 4) is 0 Å². The van der Waals surface area contributed by atoms with Crippen molar-refractivity contribution in [2.75, 3.05) is 0 Å². The lowest BCUT2D eigenvalue weighted by Gasteiger charge is -2.12. The van der Waals surface area contributed by atoms with Gasteiger partial charge in [0.05, 0.1) is 12.8 Å². The lowest BCUT2D eigenvalue weighted by atomic mass is 10.1. The number of carboxylic acids is 1. The molecule has 0 bridgehead atoms. The van der Waals surface area contributed by atoms with Gasteiger partial charge in [-0.15, -0.1) is 0 Å².